The average Bonchev–Trinajstić information content (AvgIpc) is 3.35. The van der Waals surface area contributed by atoms with Gasteiger partial charge in [0.15, 0.2) is 0 Å². The quantitative estimate of drug-likeness (QED) is 0.191. The second-order valence-corrected chi connectivity index (χ2v) is 12.5. The number of nitrogens with zero attached hydrogens (tertiary/aromatic N) is 2. The van der Waals surface area contributed by atoms with Gasteiger partial charge in [0.05, 0.1) is 5.69 Å². The molecule has 2 nitrogen and oxygen atoms in total. The van der Waals surface area contributed by atoms with E-state index < -0.39 is 0 Å². The molecule has 0 aliphatic heterocycles. The van der Waals surface area contributed by atoms with Crippen molar-refractivity contribution in [3.05, 3.63) is 181 Å². The van der Waals surface area contributed by atoms with E-state index in [1.807, 2.05) is 18.3 Å². The van der Waals surface area contributed by atoms with Crippen molar-refractivity contribution in [1.82, 2.24) is 4.98 Å². The summed E-state index contributed by atoms with van der Waals surface area (Å²) in [5.41, 5.74) is 15.4. The highest BCUT2D eigenvalue weighted by Gasteiger charge is 2.35. The van der Waals surface area contributed by atoms with Gasteiger partial charge in [-0.25, -0.2) is 0 Å². The zero-order valence-electron chi connectivity index (χ0n) is 26.1. The number of pyridine rings is 1. The fourth-order valence-electron chi connectivity index (χ4n) is 6.93. The van der Waals surface area contributed by atoms with Crippen molar-refractivity contribution >= 4 is 17.1 Å². The van der Waals surface area contributed by atoms with Crippen LogP contribution in [0.1, 0.15) is 25.0 Å². The van der Waals surface area contributed by atoms with Crippen LogP contribution in [-0.4, -0.2) is 4.98 Å². The topological polar surface area (TPSA) is 16.1 Å². The van der Waals surface area contributed by atoms with Crippen LogP contribution < -0.4 is 4.90 Å². The monoisotopic (exact) mass is 590 g/mol. The number of benzene rings is 6. The van der Waals surface area contributed by atoms with E-state index in [0.717, 1.165) is 28.3 Å². The maximum atomic E-state index is 4.59. The van der Waals surface area contributed by atoms with E-state index in [1.165, 1.54) is 44.5 Å². The van der Waals surface area contributed by atoms with E-state index in [4.69, 9.17) is 0 Å². The highest BCUT2D eigenvalue weighted by molar-refractivity contribution is 5.88. The molecule has 0 saturated heterocycles. The SMILES string of the molecule is CC1(C)c2ccccc2-c2ccc(N(c3ccc(-c4ccccn4)cc3)c3cc(-c4ccccc4)cc(-c4ccccc4)c3)cc21. The Morgan fingerprint density at radius 1 is 0.413 bits per heavy atom. The molecular weight excluding hydrogens is 556 g/mol. The third-order valence-corrected chi connectivity index (χ3v) is 9.30. The Morgan fingerprint density at radius 2 is 1.00 bits per heavy atom. The summed E-state index contributed by atoms with van der Waals surface area (Å²) in [6.45, 7) is 4.69. The van der Waals surface area contributed by atoms with Crippen molar-refractivity contribution in [1.29, 1.82) is 0 Å². The summed E-state index contributed by atoms with van der Waals surface area (Å²) in [6.07, 6.45) is 1.85. The fourth-order valence-corrected chi connectivity index (χ4v) is 6.93. The van der Waals surface area contributed by atoms with Gasteiger partial charge >= 0.3 is 0 Å². The second-order valence-electron chi connectivity index (χ2n) is 12.5. The summed E-state index contributed by atoms with van der Waals surface area (Å²) in [7, 11) is 0. The number of hydrogen-bond donors (Lipinski definition) is 0. The van der Waals surface area contributed by atoms with Crippen LogP contribution >= 0.6 is 0 Å². The molecule has 0 fully saturated rings. The number of hydrogen-bond acceptors (Lipinski definition) is 2. The normalized spacial score (nSPS) is 12.7. The first-order valence-corrected chi connectivity index (χ1v) is 15.9. The summed E-state index contributed by atoms with van der Waals surface area (Å²) >= 11 is 0. The molecule has 0 saturated carbocycles. The maximum Gasteiger partial charge on any atom is 0.0701 e. The Labute approximate surface area is 271 Å². The second kappa shape index (κ2) is 11.3. The molecule has 0 N–H and O–H groups in total. The molecule has 0 unspecified atom stereocenters. The molecule has 0 atom stereocenters. The van der Waals surface area contributed by atoms with Crippen molar-refractivity contribution in [2.45, 2.75) is 19.3 Å². The Bertz CT molecular complexity index is 2090. The molecule has 0 bridgehead atoms. The minimum Gasteiger partial charge on any atom is -0.310 e. The van der Waals surface area contributed by atoms with Gasteiger partial charge in [-0.3, -0.25) is 4.98 Å². The van der Waals surface area contributed by atoms with Crippen molar-refractivity contribution < 1.29 is 0 Å². The summed E-state index contributed by atoms with van der Waals surface area (Å²) in [4.78, 5) is 6.99. The lowest BCUT2D eigenvalue weighted by Crippen LogP contribution is -2.16. The molecule has 0 amide bonds. The van der Waals surface area contributed by atoms with Crippen molar-refractivity contribution in [2.75, 3.05) is 4.90 Å². The van der Waals surface area contributed by atoms with Gasteiger partial charge in [-0.05, 0) is 99.1 Å². The van der Waals surface area contributed by atoms with E-state index in [0.29, 0.717) is 0 Å². The van der Waals surface area contributed by atoms with Crippen molar-refractivity contribution in [3.63, 3.8) is 0 Å². The van der Waals surface area contributed by atoms with Crippen LogP contribution in [0.25, 0.3) is 44.6 Å². The summed E-state index contributed by atoms with van der Waals surface area (Å²) < 4.78 is 0. The third kappa shape index (κ3) is 4.89. The minimum absolute atomic E-state index is 0.0997. The number of fused-ring (bicyclic) bond motifs is 3. The van der Waals surface area contributed by atoms with E-state index >= 15 is 0 Å². The predicted molar refractivity (Wildman–Crippen MR) is 193 cm³/mol. The lowest BCUT2D eigenvalue weighted by molar-refractivity contribution is 0.660. The van der Waals surface area contributed by atoms with E-state index in [2.05, 4.69) is 175 Å². The van der Waals surface area contributed by atoms with Crippen LogP contribution in [0.2, 0.25) is 0 Å². The van der Waals surface area contributed by atoms with Gasteiger partial charge in [0, 0.05) is 34.2 Å². The number of aromatic nitrogens is 1. The summed E-state index contributed by atoms with van der Waals surface area (Å²) in [6, 6.07) is 59.0. The molecule has 46 heavy (non-hydrogen) atoms. The van der Waals surface area contributed by atoms with Gasteiger partial charge in [-0.15, -0.1) is 0 Å². The van der Waals surface area contributed by atoms with Crippen LogP contribution in [0.3, 0.4) is 0 Å². The first-order valence-electron chi connectivity index (χ1n) is 15.9. The lowest BCUT2D eigenvalue weighted by Gasteiger charge is -2.29. The Morgan fingerprint density at radius 3 is 1.65 bits per heavy atom. The van der Waals surface area contributed by atoms with Gasteiger partial charge < -0.3 is 4.90 Å². The van der Waals surface area contributed by atoms with Crippen LogP contribution in [0, 0.1) is 0 Å². The summed E-state index contributed by atoms with van der Waals surface area (Å²) in [5.74, 6) is 0. The molecule has 1 aliphatic carbocycles. The van der Waals surface area contributed by atoms with E-state index in [9.17, 15) is 0 Å². The summed E-state index contributed by atoms with van der Waals surface area (Å²) in [5, 5.41) is 0. The van der Waals surface area contributed by atoms with Crippen molar-refractivity contribution in [3.8, 4) is 44.6 Å². The third-order valence-electron chi connectivity index (χ3n) is 9.30. The Kier molecular flexibility index (Phi) is 6.84. The van der Waals surface area contributed by atoms with Gasteiger partial charge in [-0.2, -0.15) is 0 Å². The van der Waals surface area contributed by atoms with Crippen molar-refractivity contribution in [2.24, 2.45) is 0 Å². The molecule has 220 valence electrons. The Hall–Kier alpha value is -5.73. The zero-order valence-corrected chi connectivity index (χ0v) is 26.1. The maximum absolute atomic E-state index is 4.59. The van der Waals surface area contributed by atoms with E-state index in [-0.39, 0.29) is 5.41 Å². The highest BCUT2D eigenvalue weighted by Crippen LogP contribution is 2.51. The van der Waals surface area contributed by atoms with Gasteiger partial charge in [0.25, 0.3) is 0 Å². The molecule has 1 aromatic heterocycles. The molecule has 1 aliphatic rings. The largest absolute Gasteiger partial charge is 0.310 e. The smallest absolute Gasteiger partial charge is 0.0701 e. The van der Waals surface area contributed by atoms with E-state index in [1.54, 1.807) is 0 Å². The first-order chi connectivity index (χ1) is 22.6. The first kappa shape index (κ1) is 27.8. The molecule has 6 aromatic carbocycles. The molecular formula is C44H34N2. The lowest BCUT2D eigenvalue weighted by atomic mass is 9.82. The molecule has 7 aromatic rings. The number of anilines is 3. The molecule has 8 rings (SSSR count). The standard InChI is InChI=1S/C44H34N2/c1-44(2)41-18-10-9-17-39(41)40-25-24-37(30-42(40)44)46(36-22-20-33(21-23-36)43-19-11-12-26-45-43)38-28-34(31-13-5-3-6-14-31)27-35(29-38)32-15-7-4-8-16-32/h3-30H,1-2H3. The van der Waals surface area contributed by atoms with Crippen LogP contribution in [-0.2, 0) is 5.41 Å². The molecule has 1 heterocycles. The molecule has 0 spiro atoms. The molecule has 2 heteroatoms. The van der Waals surface area contributed by atoms with Crippen LogP contribution in [0.5, 0.6) is 0 Å². The minimum atomic E-state index is -0.0997. The highest BCUT2D eigenvalue weighted by atomic mass is 15.1. The Balaban J connectivity index is 1.34. The van der Waals surface area contributed by atoms with Crippen LogP contribution in [0.4, 0.5) is 17.1 Å². The van der Waals surface area contributed by atoms with Crippen LogP contribution in [0.15, 0.2) is 170 Å². The predicted octanol–water partition coefficient (Wildman–Crippen LogP) is 11.9. The molecule has 0 radical (unpaired) electrons. The van der Waals surface area contributed by atoms with Gasteiger partial charge in [0.2, 0.25) is 0 Å². The average molecular weight is 591 g/mol. The zero-order chi connectivity index (χ0) is 31.1. The van der Waals surface area contributed by atoms with Gasteiger partial charge in [-0.1, -0.05) is 123 Å². The fraction of sp³-hybridized carbons (Fsp3) is 0.0682. The van der Waals surface area contributed by atoms with Gasteiger partial charge in [0.1, 0.15) is 0 Å². The number of rotatable bonds is 6.